The van der Waals surface area contributed by atoms with E-state index >= 15 is 0 Å². The molecule has 224 valence electrons. The molecule has 0 aromatic heterocycles. The number of hydrogen-bond acceptors (Lipinski definition) is 2. The summed E-state index contributed by atoms with van der Waals surface area (Å²) in [4.78, 5) is 25.4. The minimum absolute atomic E-state index is 0.0190. The van der Waals surface area contributed by atoms with Crippen LogP contribution in [0.15, 0.2) is 93.9 Å². The lowest BCUT2D eigenvalue weighted by Crippen LogP contribution is -2.24. The van der Waals surface area contributed by atoms with Crippen molar-refractivity contribution in [2.75, 3.05) is 10.6 Å². The third-order valence-electron chi connectivity index (χ3n) is 6.78. The van der Waals surface area contributed by atoms with E-state index in [2.05, 4.69) is 42.5 Å². The number of hydrogen-bond donors (Lipinski definition) is 2. The van der Waals surface area contributed by atoms with Crippen LogP contribution in [-0.2, 0) is 17.8 Å². The fourth-order valence-corrected chi connectivity index (χ4v) is 5.47. The summed E-state index contributed by atoms with van der Waals surface area (Å²) in [6, 6.07) is 19.6. The van der Waals surface area contributed by atoms with E-state index in [1.165, 1.54) is 50.2 Å². The smallest absolute Gasteiger partial charge is 0.320 e. The van der Waals surface area contributed by atoms with E-state index in [4.69, 9.17) is 0 Å². The molecule has 0 spiro atoms. The fourth-order valence-electron chi connectivity index (χ4n) is 4.35. The molecule has 0 saturated carbocycles. The maximum Gasteiger partial charge on any atom is 0.418 e. The van der Waals surface area contributed by atoms with Crippen LogP contribution in [0.25, 0.3) is 0 Å². The van der Waals surface area contributed by atoms with Crippen LogP contribution in [0.2, 0.25) is 0 Å². The number of carbonyl (C=O) groups excluding carboxylic acids is 2. The van der Waals surface area contributed by atoms with Crippen molar-refractivity contribution in [2.24, 2.45) is 0 Å². The van der Waals surface area contributed by atoms with Crippen molar-refractivity contribution < 1.29 is 35.9 Å². The van der Waals surface area contributed by atoms with Crippen LogP contribution < -0.4 is 10.6 Å². The largest absolute Gasteiger partial charge is 0.418 e. The van der Waals surface area contributed by atoms with Gasteiger partial charge in [-0.05, 0) is 91.5 Å². The van der Waals surface area contributed by atoms with Crippen LogP contribution in [0.4, 0.5) is 37.7 Å². The Morgan fingerprint density at radius 2 is 0.907 bits per heavy atom. The van der Waals surface area contributed by atoms with Gasteiger partial charge in [0, 0.05) is 25.5 Å². The van der Waals surface area contributed by atoms with Gasteiger partial charge in [-0.2, -0.15) is 26.3 Å². The van der Waals surface area contributed by atoms with E-state index < -0.39 is 52.1 Å². The average molecular weight is 728 g/mol. The first-order valence-corrected chi connectivity index (χ1v) is 14.1. The molecule has 0 fully saturated rings. The predicted octanol–water partition coefficient (Wildman–Crippen LogP) is 10.1. The summed E-state index contributed by atoms with van der Waals surface area (Å²) in [5.41, 5.74) is -4.53. The molecule has 2 N–H and O–H groups in total. The van der Waals surface area contributed by atoms with E-state index in [1.54, 1.807) is 36.4 Å². The van der Waals surface area contributed by atoms with Crippen molar-refractivity contribution in [1.29, 1.82) is 0 Å². The predicted molar refractivity (Wildman–Crippen MR) is 159 cm³/mol. The highest BCUT2D eigenvalue weighted by atomic mass is 79.9. The van der Waals surface area contributed by atoms with Crippen LogP contribution >= 0.6 is 31.9 Å². The molecule has 0 saturated heterocycles. The van der Waals surface area contributed by atoms with E-state index in [0.29, 0.717) is 0 Å². The monoisotopic (exact) mass is 726 g/mol. The minimum Gasteiger partial charge on any atom is -0.320 e. The number of anilines is 2. The molecule has 0 aliphatic rings. The van der Waals surface area contributed by atoms with Gasteiger partial charge in [-0.15, -0.1) is 0 Å². The highest BCUT2D eigenvalue weighted by molar-refractivity contribution is 9.11. The third-order valence-corrected chi connectivity index (χ3v) is 8.03. The molecule has 43 heavy (non-hydrogen) atoms. The number of halogens is 8. The van der Waals surface area contributed by atoms with E-state index in [1.807, 2.05) is 0 Å². The molecule has 0 unspecified atom stereocenters. The summed E-state index contributed by atoms with van der Waals surface area (Å²) in [6.07, 6.45) is -9.84. The lowest BCUT2D eigenvalue weighted by molar-refractivity contribution is -0.137. The van der Waals surface area contributed by atoms with Gasteiger partial charge in [0.1, 0.15) is 0 Å². The zero-order valence-corrected chi connectivity index (χ0v) is 25.6. The molecule has 2 amide bonds. The second-order valence-electron chi connectivity index (χ2n) is 10.0. The summed E-state index contributed by atoms with van der Waals surface area (Å²) < 4.78 is 85.5. The Kier molecular flexibility index (Phi) is 9.13. The van der Waals surface area contributed by atoms with E-state index in [9.17, 15) is 35.9 Å². The summed E-state index contributed by atoms with van der Waals surface area (Å²) in [7, 11) is 0. The molecule has 0 atom stereocenters. The molecule has 0 radical (unpaired) electrons. The maximum atomic E-state index is 14.3. The number of nitrogens with one attached hydrogen (secondary N) is 2. The second-order valence-corrected chi connectivity index (χ2v) is 11.7. The van der Waals surface area contributed by atoms with Gasteiger partial charge >= 0.3 is 12.4 Å². The molecule has 0 bridgehead atoms. The SMILES string of the molecule is CC(C)(c1cc(Br)c(NC(=O)c2ccccc2)c(C(F)(F)F)c1)c1cc(Br)c(NC(=O)c2ccccc2)c(C(F)(F)F)c1. The molecular weight excluding hydrogens is 706 g/mol. The number of rotatable bonds is 6. The summed E-state index contributed by atoms with van der Waals surface area (Å²) in [5, 5.41) is 4.59. The number of amides is 2. The molecule has 12 heteroatoms. The lowest BCUT2D eigenvalue weighted by Gasteiger charge is -2.30. The zero-order valence-electron chi connectivity index (χ0n) is 22.4. The first kappa shape index (κ1) is 32.3. The van der Waals surface area contributed by atoms with Crippen LogP contribution in [0.1, 0.15) is 56.8 Å². The van der Waals surface area contributed by atoms with Gasteiger partial charge < -0.3 is 10.6 Å². The molecule has 4 aromatic carbocycles. The van der Waals surface area contributed by atoms with Crippen molar-refractivity contribution in [3.63, 3.8) is 0 Å². The molecule has 0 aliphatic carbocycles. The normalized spacial score (nSPS) is 12.1. The summed E-state index contributed by atoms with van der Waals surface area (Å²) in [6.45, 7) is 2.95. The van der Waals surface area contributed by atoms with Gasteiger partial charge in [0.05, 0.1) is 22.5 Å². The highest BCUT2D eigenvalue weighted by Crippen LogP contribution is 2.46. The third kappa shape index (κ3) is 7.13. The van der Waals surface area contributed by atoms with Crippen molar-refractivity contribution in [1.82, 2.24) is 0 Å². The van der Waals surface area contributed by atoms with Gasteiger partial charge in [0.25, 0.3) is 11.8 Å². The van der Waals surface area contributed by atoms with Crippen molar-refractivity contribution in [2.45, 2.75) is 31.6 Å². The standard InChI is InChI=1S/C31H22Br2F6N2O2/c1-29(2,19-13-21(30(34,35)36)25(23(32)15-19)40-27(42)17-9-5-3-6-10-17)20-14-22(31(37,38)39)26(24(33)16-20)41-28(43)18-11-7-4-8-12-18/h3-16H,1-2H3,(H,40,42)(H,41,43). The lowest BCUT2D eigenvalue weighted by atomic mass is 9.76. The molecular formula is C31H22Br2F6N2O2. The first-order chi connectivity index (χ1) is 20.0. The fraction of sp³-hybridized carbons (Fsp3) is 0.161. The molecule has 0 heterocycles. The quantitative estimate of drug-likeness (QED) is 0.194. The van der Waals surface area contributed by atoms with E-state index in [0.717, 1.165) is 12.1 Å². The number of alkyl halides is 6. The van der Waals surface area contributed by atoms with Crippen LogP contribution in [0.5, 0.6) is 0 Å². The van der Waals surface area contributed by atoms with Gasteiger partial charge in [-0.25, -0.2) is 0 Å². The Labute approximate surface area is 259 Å². The van der Waals surface area contributed by atoms with Crippen LogP contribution in [0.3, 0.4) is 0 Å². The first-order valence-electron chi connectivity index (χ1n) is 12.6. The second kappa shape index (κ2) is 12.2. The van der Waals surface area contributed by atoms with Gasteiger partial charge in [-0.3, -0.25) is 9.59 Å². The van der Waals surface area contributed by atoms with Crippen molar-refractivity contribution in [3.05, 3.63) is 127 Å². The molecule has 4 rings (SSSR count). The van der Waals surface area contributed by atoms with Crippen molar-refractivity contribution >= 4 is 55.0 Å². The van der Waals surface area contributed by atoms with E-state index in [-0.39, 0.29) is 31.2 Å². The van der Waals surface area contributed by atoms with Crippen LogP contribution in [0, 0.1) is 0 Å². The minimum atomic E-state index is -4.92. The molecule has 4 aromatic rings. The Morgan fingerprint density at radius 1 is 0.581 bits per heavy atom. The van der Waals surface area contributed by atoms with Crippen LogP contribution in [-0.4, -0.2) is 11.8 Å². The topological polar surface area (TPSA) is 58.2 Å². The Hall–Kier alpha value is -3.64. The molecule has 4 nitrogen and oxygen atoms in total. The number of benzene rings is 4. The van der Waals surface area contributed by atoms with Gasteiger partial charge in [0.2, 0.25) is 0 Å². The van der Waals surface area contributed by atoms with Crippen molar-refractivity contribution in [3.8, 4) is 0 Å². The highest BCUT2D eigenvalue weighted by Gasteiger charge is 2.40. The number of carbonyl (C=O) groups is 2. The maximum absolute atomic E-state index is 14.3. The Bertz CT molecular complexity index is 1550. The van der Waals surface area contributed by atoms with Gasteiger partial charge in [-0.1, -0.05) is 50.2 Å². The summed E-state index contributed by atoms with van der Waals surface area (Å²) >= 11 is 6.25. The molecule has 0 aliphatic heterocycles. The summed E-state index contributed by atoms with van der Waals surface area (Å²) in [5.74, 6) is -1.55. The Balaban J connectivity index is 1.79. The Morgan fingerprint density at radius 3 is 1.21 bits per heavy atom. The average Bonchev–Trinajstić information content (AvgIpc) is 2.94. The van der Waals surface area contributed by atoms with Gasteiger partial charge in [0.15, 0.2) is 0 Å². The zero-order chi connectivity index (χ0) is 31.7.